The minimum atomic E-state index is -0.365. The quantitative estimate of drug-likeness (QED) is 0.689. The Balaban J connectivity index is 1.54. The summed E-state index contributed by atoms with van der Waals surface area (Å²) in [5, 5.41) is 9.55. The number of fused-ring (bicyclic) bond motifs is 1. The summed E-state index contributed by atoms with van der Waals surface area (Å²) in [4.78, 5) is 34.7. The molecule has 28 heavy (non-hydrogen) atoms. The molecule has 8 nitrogen and oxygen atoms in total. The lowest BCUT2D eigenvalue weighted by molar-refractivity contribution is 0.0499. The van der Waals surface area contributed by atoms with E-state index in [-0.39, 0.29) is 34.8 Å². The summed E-state index contributed by atoms with van der Waals surface area (Å²) in [6, 6.07) is 9.98. The maximum atomic E-state index is 12.9. The number of hydrogen-bond acceptors (Lipinski definition) is 7. The van der Waals surface area contributed by atoms with Crippen LogP contribution in [0.2, 0.25) is 0 Å². The highest BCUT2D eigenvalue weighted by atomic mass is 16.5. The second kappa shape index (κ2) is 7.48. The molecule has 0 N–H and O–H groups in total. The number of rotatable bonds is 3. The number of hydrogen-bond donors (Lipinski definition) is 0. The van der Waals surface area contributed by atoms with Crippen molar-refractivity contribution in [3.05, 3.63) is 64.4 Å². The van der Waals surface area contributed by atoms with Gasteiger partial charge in [-0.15, -0.1) is 0 Å². The Morgan fingerprint density at radius 1 is 1.29 bits per heavy atom. The van der Waals surface area contributed by atoms with Gasteiger partial charge in [-0.3, -0.25) is 9.59 Å². The monoisotopic (exact) mass is 376 g/mol. The number of piperidine rings is 1. The lowest BCUT2D eigenvalue weighted by Crippen LogP contribution is -2.44. The number of benzene rings is 1. The average Bonchev–Trinajstić information content (AvgIpc) is 2.74. The Hall–Kier alpha value is -3.73. The zero-order chi connectivity index (χ0) is 19.5. The Morgan fingerprint density at radius 2 is 2.11 bits per heavy atom. The van der Waals surface area contributed by atoms with E-state index < -0.39 is 0 Å². The average molecular weight is 376 g/mol. The maximum absolute atomic E-state index is 12.9. The Labute approximate surface area is 160 Å². The van der Waals surface area contributed by atoms with Gasteiger partial charge in [-0.05, 0) is 25.0 Å². The second-order valence-corrected chi connectivity index (χ2v) is 6.43. The summed E-state index contributed by atoms with van der Waals surface area (Å²) >= 11 is 0. The molecule has 2 aromatic heterocycles. The highest BCUT2D eigenvalue weighted by Gasteiger charge is 2.28. The Bertz CT molecular complexity index is 1130. The standard InChI is InChI=1S/C20H16N4O4/c21-11-15-19(23-8-7-22-15)27-13-4-3-9-24(12-13)20(26)18-10-16(25)14-5-1-2-6-17(14)28-18/h1-2,5-8,10,13H,3-4,9,12H2. The number of carbonyl (C=O) groups excluding carboxylic acids is 1. The molecule has 1 atom stereocenters. The van der Waals surface area contributed by atoms with E-state index in [1.54, 1.807) is 29.2 Å². The van der Waals surface area contributed by atoms with Gasteiger partial charge in [0.05, 0.1) is 11.9 Å². The van der Waals surface area contributed by atoms with Crippen LogP contribution in [0.25, 0.3) is 11.0 Å². The first-order chi connectivity index (χ1) is 13.7. The molecule has 3 heterocycles. The SMILES string of the molecule is N#Cc1nccnc1OC1CCCN(C(=O)c2cc(=O)c3ccccc3o2)C1. The van der Waals surface area contributed by atoms with E-state index >= 15 is 0 Å². The zero-order valence-electron chi connectivity index (χ0n) is 14.9. The molecule has 1 amide bonds. The topological polar surface area (TPSA) is 109 Å². The fraction of sp³-hybridized carbons (Fsp3) is 0.250. The first kappa shape index (κ1) is 17.7. The summed E-state index contributed by atoms with van der Waals surface area (Å²) in [7, 11) is 0. The van der Waals surface area contributed by atoms with Crippen LogP contribution >= 0.6 is 0 Å². The molecule has 4 rings (SSSR count). The van der Waals surface area contributed by atoms with Crippen LogP contribution in [0.15, 0.2) is 51.9 Å². The van der Waals surface area contributed by atoms with E-state index in [4.69, 9.17) is 14.4 Å². The Kier molecular flexibility index (Phi) is 4.72. The lowest BCUT2D eigenvalue weighted by atomic mass is 10.1. The van der Waals surface area contributed by atoms with Gasteiger partial charge in [0, 0.05) is 25.0 Å². The van der Waals surface area contributed by atoms with Crippen LogP contribution in [0.1, 0.15) is 29.1 Å². The van der Waals surface area contributed by atoms with Crippen molar-refractivity contribution in [3.8, 4) is 11.9 Å². The van der Waals surface area contributed by atoms with Gasteiger partial charge in [-0.25, -0.2) is 9.97 Å². The largest absolute Gasteiger partial charge is 0.470 e. The number of ether oxygens (including phenoxy) is 1. The predicted octanol–water partition coefficient (Wildman–Crippen LogP) is 2.14. The van der Waals surface area contributed by atoms with Crippen molar-refractivity contribution in [1.29, 1.82) is 5.26 Å². The Morgan fingerprint density at radius 3 is 2.96 bits per heavy atom. The molecule has 1 unspecified atom stereocenters. The first-order valence-electron chi connectivity index (χ1n) is 8.85. The van der Waals surface area contributed by atoms with E-state index in [0.29, 0.717) is 30.5 Å². The van der Waals surface area contributed by atoms with E-state index in [0.717, 1.165) is 6.42 Å². The van der Waals surface area contributed by atoms with E-state index in [1.165, 1.54) is 18.5 Å². The zero-order valence-corrected chi connectivity index (χ0v) is 14.9. The number of likely N-dealkylation sites (tertiary alicyclic amines) is 1. The third-order valence-corrected chi connectivity index (χ3v) is 4.56. The third kappa shape index (κ3) is 3.42. The van der Waals surface area contributed by atoms with Gasteiger partial charge in [0.15, 0.2) is 11.2 Å². The van der Waals surface area contributed by atoms with Crippen LogP contribution in [0, 0.1) is 11.3 Å². The number of amides is 1. The fourth-order valence-electron chi connectivity index (χ4n) is 3.23. The van der Waals surface area contributed by atoms with Gasteiger partial charge < -0.3 is 14.1 Å². The first-order valence-corrected chi connectivity index (χ1v) is 8.85. The van der Waals surface area contributed by atoms with Gasteiger partial charge in [-0.1, -0.05) is 12.1 Å². The van der Waals surface area contributed by atoms with Crippen LogP contribution < -0.4 is 10.2 Å². The molecule has 0 bridgehead atoms. The molecule has 0 saturated carbocycles. The van der Waals surface area contributed by atoms with E-state index in [2.05, 4.69) is 9.97 Å². The van der Waals surface area contributed by atoms with Crippen LogP contribution in [0.3, 0.4) is 0 Å². The van der Waals surface area contributed by atoms with E-state index in [1.807, 2.05) is 6.07 Å². The number of nitrogens with zero attached hydrogens (tertiary/aromatic N) is 4. The van der Waals surface area contributed by atoms with Crippen molar-refractivity contribution in [1.82, 2.24) is 14.9 Å². The van der Waals surface area contributed by atoms with Gasteiger partial charge in [-0.2, -0.15) is 5.26 Å². The van der Waals surface area contributed by atoms with Crippen molar-refractivity contribution >= 4 is 16.9 Å². The molecular weight excluding hydrogens is 360 g/mol. The van der Waals surface area contributed by atoms with Crippen molar-refractivity contribution in [2.24, 2.45) is 0 Å². The van der Waals surface area contributed by atoms with Crippen LogP contribution in [0.4, 0.5) is 0 Å². The molecule has 1 saturated heterocycles. The van der Waals surface area contributed by atoms with Crippen molar-refractivity contribution in [2.45, 2.75) is 18.9 Å². The highest BCUT2D eigenvalue weighted by Crippen LogP contribution is 2.20. The van der Waals surface area contributed by atoms with Crippen molar-refractivity contribution in [2.75, 3.05) is 13.1 Å². The summed E-state index contributed by atoms with van der Waals surface area (Å²) in [6.45, 7) is 0.831. The van der Waals surface area contributed by atoms with Gasteiger partial charge >= 0.3 is 0 Å². The normalized spacial score (nSPS) is 16.5. The van der Waals surface area contributed by atoms with Crippen molar-refractivity contribution < 1.29 is 13.9 Å². The van der Waals surface area contributed by atoms with E-state index in [9.17, 15) is 9.59 Å². The molecule has 140 valence electrons. The molecule has 0 spiro atoms. The second-order valence-electron chi connectivity index (χ2n) is 6.43. The van der Waals surface area contributed by atoms with Crippen LogP contribution in [-0.2, 0) is 0 Å². The highest BCUT2D eigenvalue weighted by molar-refractivity contribution is 5.93. The van der Waals surface area contributed by atoms with Gasteiger partial charge in [0.1, 0.15) is 17.8 Å². The van der Waals surface area contributed by atoms with Gasteiger partial charge in [0.2, 0.25) is 5.69 Å². The molecule has 0 aliphatic carbocycles. The number of para-hydroxylation sites is 1. The minimum Gasteiger partial charge on any atom is -0.470 e. The summed E-state index contributed by atoms with van der Waals surface area (Å²) in [5.41, 5.74) is 0.223. The molecule has 3 aromatic rings. The molecule has 1 aliphatic rings. The lowest BCUT2D eigenvalue weighted by Gasteiger charge is -2.32. The summed E-state index contributed by atoms with van der Waals surface area (Å²) in [6.07, 6.45) is 3.98. The predicted molar refractivity (Wildman–Crippen MR) is 98.8 cm³/mol. The maximum Gasteiger partial charge on any atom is 0.289 e. The molecule has 1 aliphatic heterocycles. The third-order valence-electron chi connectivity index (χ3n) is 4.56. The number of aromatic nitrogens is 2. The molecule has 0 radical (unpaired) electrons. The minimum absolute atomic E-state index is 0.00145. The molecule has 8 heteroatoms. The number of nitriles is 1. The summed E-state index contributed by atoms with van der Waals surface area (Å²) in [5.74, 6) is -0.209. The van der Waals surface area contributed by atoms with Gasteiger partial charge in [0.25, 0.3) is 11.8 Å². The molecule has 1 aromatic carbocycles. The van der Waals surface area contributed by atoms with Crippen LogP contribution in [0.5, 0.6) is 5.88 Å². The number of carbonyl (C=O) groups is 1. The smallest absolute Gasteiger partial charge is 0.289 e. The van der Waals surface area contributed by atoms with Crippen LogP contribution in [-0.4, -0.2) is 40.0 Å². The van der Waals surface area contributed by atoms with Crippen molar-refractivity contribution in [3.63, 3.8) is 0 Å². The molecule has 1 fully saturated rings. The molecular formula is C20H16N4O4. The summed E-state index contributed by atoms with van der Waals surface area (Å²) < 4.78 is 11.5. The fourth-order valence-corrected chi connectivity index (χ4v) is 3.23.